The van der Waals surface area contributed by atoms with E-state index in [4.69, 9.17) is 16.3 Å². The Morgan fingerprint density at radius 2 is 1.82 bits per heavy atom. The third-order valence-electron chi connectivity index (χ3n) is 5.37. The Bertz CT molecular complexity index is 1160. The average Bonchev–Trinajstić information content (AvgIpc) is 3.17. The topological polar surface area (TPSA) is 89.6 Å². The second kappa shape index (κ2) is 9.41. The fourth-order valence-corrected chi connectivity index (χ4v) is 3.75. The number of rotatable bonds is 6. The van der Waals surface area contributed by atoms with E-state index < -0.39 is 12.1 Å². The molecule has 0 saturated carbocycles. The molecule has 0 aliphatic carbocycles. The van der Waals surface area contributed by atoms with Crippen molar-refractivity contribution in [2.45, 2.75) is 19.5 Å². The molecule has 10 heteroatoms. The molecule has 170 valence electrons. The fourth-order valence-electron chi connectivity index (χ4n) is 3.62. The van der Waals surface area contributed by atoms with Gasteiger partial charge in [0.05, 0.1) is 19.4 Å². The number of carbonyl (C=O) groups is 2. The van der Waals surface area contributed by atoms with Gasteiger partial charge in [-0.05, 0) is 54.4 Å². The van der Waals surface area contributed by atoms with E-state index in [9.17, 15) is 9.59 Å². The summed E-state index contributed by atoms with van der Waals surface area (Å²) in [6, 6.07) is 13.7. The highest BCUT2D eigenvalue weighted by atomic mass is 35.5. The van der Waals surface area contributed by atoms with Crippen LogP contribution in [0.15, 0.2) is 58.6 Å². The molecule has 2 aliphatic rings. The van der Waals surface area contributed by atoms with Crippen LogP contribution in [-0.4, -0.2) is 71.1 Å². The van der Waals surface area contributed by atoms with Crippen LogP contribution in [0, 0.1) is 0 Å². The van der Waals surface area contributed by atoms with E-state index in [1.807, 2.05) is 43.3 Å². The van der Waals surface area contributed by atoms with Gasteiger partial charge in [0.1, 0.15) is 5.75 Å². The number of hydrogen-bond acceptors (Lipinski definition) is 6. The van der Waals surface area contributed by atoms with Crippen molar-refractivity contribution in [2.24, 2.45) is 10.1 Å². The number of imide groups is 1. The molecule has 1 fully saturated rings. The molecule has 0 aromatic heterocycles. The lowest BCUT2D eigenvalue weighted by molar-refractivity contribution is -0.553. The Labute approximate surface area is 196 Å². The number of benzene rings is 2. The molecule has 1 N–H and O–H groups in total. The minimum Gasteiger partial charge on any atom is -0.494 e. The molecule has 2 aliphatic heterocycles. The van der Waals surface area contributed by atoms with Crippen molar-refractivity contribution >= 4 is 41.5 Å². The number of nitrogens with one attached hydrogen (secondary N) is 1. The van der Waals surface area contributed by atoms with E-state index in [-0.39, 0.29) is 5.91 Å². The van der Waals surface area contributed by atoms with Gasteiger partial charge in [0, 0.05) is 19.1 Å². The highest BCUT2D eigenvalue weighted by molar-refractivity contribution is 6.30. The SMILES string of the molecule is CCOc1ccc(/C=N/NC2=[N+](Cc3ccc(Cl)cc3)C3C(=O)N(C)C(=O)N(C)C3=N2)cc1. The summed E-state index contributed by atoms with van der Waals surface area (Å²) < 4.78 is 7.24. The number of aliphatic imine (C=N–C) groups is 1. The summed E-state index contributed by atoms with van der Waals surface area (Å²) in [5.41, 5.74) is 4.73. The highest BCUT2D eigenvalue weighted by Gasteiger charge is 2.51. The number of guanidine groups is 1. The van der Waals surface area contributed by atoms with E-state index >= 15 is 0 Å². The van der Waals surface area contributed by atoms with Gasteiger partial charge >= 0.3 is 12.0 Å². The predicted molar refractivity (Wildman–Crippen MR) is 126 cm³/mol. The average molecular weight is 468 g/mol. The number of nitrogens with zero attached hydrogens (tertiary/aromatic N) is 5. The van der Waals surface area contributed by atoms with Crippen molar-refractivity contribution in [1.82, 2.24) is 15.2 Å². The second-order valence-corrected chi connectivity index (χ2v) is 8.00. The number of halogens is 1. The smallest absolute Gasteiger partial charge is 0.414 e. The number of amides is 3. The van der Waals surface area contributed by atoms with Crippen molar-refractivity contribution in [3.63, 3.8) is 0 Å². The lowest BCUT2D eigenvalue weighted by Crippen LogP contribution is -2.61. The first-order valence-electron chi connectivity index (χ1n) is 10.4. The van der Waals surface area contributed by atoms with Crippen LogP contribution >= 0.6 is 11.6 Å². The van der Waals surface area contributed by atoms with Crippen molar-refractivity contribution in [2.75, 3.05) is 20.7 Å². The van der Waals surface area contributed by atoms with Gasteiger partial charge < -0.3 is 4.74 Å². The van der Waals surface area contributed by atoms with Gasteiger partial charge in [0.25, 0.3) is 5.91 Å². The molecule has 0 bridgehead atoms. The number of hydrogen-bond donors (Lipinski definition) is 1. The van der Waals surface area contributed by atoms with Crippen LogP contribution in [0.5, 0.6) is 5.75 Å². The van der Waals surface area contributed by atoms with E-state index in [1.165, 1.54) is 11.9 Å². The number of fused-ring (bicyclic) bond motifs is 1. The van der Waals surface area contributed by atoms with Gasteiger partial charge in [-0.3, -0.25) is 14.6 Å². The maximum Gasteiger partial charge on any atom is 0.414 e. The molecule has 0 spiro atoms. The van der Waals surface area contributed by atoms with Gasteiger partial charge in [-0.15, -0.1) is 5.10 Å². The van der Waals surface area contributed by atoms with Crippen LogP contribution in [0.2, 0.25) is 5.02 Å². The van der Waals surface area contributed by atoms with E-state index in [1.54, 1.807) is 30.0 Å². The maximum atomic E-state index is 13.0. The Hall–Kier alpha value is -3.72. The van der Waals surface area contributed by atoms with Crippen LogP contribution in [0.1, 0.15) is 18.1 Å². The van der Waals surface area contributed by atoms with E-state index in [0.29, 0.717) is 30.0 Å². The van der Waals surface area contributed by atoms with Gasteiger partial charge in [0.15, 0.2) is 0 Å². The zero-order chi connectivity index (χ0) is 23.5. The minimum atomic E-state index is -0.739. The lowest BCUT2D eigenvalue weighted by atomic mass is 10.1. The molecule has 1 atom stereocenters. The first-order valence-corrected chi connectivity index (χ1v) is 10.8. The molecule has 3 amide bonds. The van der Waals surface area contributed by atoms with Crippen molar-refractivity contribution in [1.29, 1.82) is 0 Å². The summed E-state index contributed by atoms with van der Waals surface area (Å²) in [6.07, 6.45) is 1.65. The van der Waals surface area contributed by atoms with E-state index in [2.05, 4.69) is 15.5 Å². The zero-order valence-corrected chi connectivity index (χ0v) is 19.3. The number of urea groups is 1. The Morgan fingerprint density at radius 3 is 2.48 bits per heavy atom. The molecule has 4 rings (SSSR count). The summed E-state index contributed by atoms with van der Waals surface area (Å²) in [4.78, 5) is 32.4. The van der Waals surface area contributed by atoms with E-state index in [0.717, 1.165) is 21.8 Å². The number of carbonyl (C=O) groups excluding carboxylic acids is 2. The van der Waals surface area contributed by atoms with Gasteiger partial charge in [-0.2, -0.15) is 5.43 Å². The Kier molecular flexibility index (Phi) is 6.41. The quantitative estimate of drug-likeness (QED) is 0.401. The van der Waals surface area contributed by atoms with Crippen LogP contribution in [-0.2, 0) is 11.3 Å². The zero-order valence-electron chi connectivity index (χ0n) is 18.5. The predicted octanol–water partition coefficient (Wildman–Crippen LogP) is 2.54. The van der Waals surface area contributed by atoms with Gasteiger partial charge in [-0.25, -0.2) is 9.37 Å². The van der Waals surface area contributed by atoms with Crippen LogP contribution in [0.25, 0.3) is 0 Å². The third kappa shape index (κ3) is 4.58. The number of hydrazone groups is 1. The highest BCUT2D eigenvalue weighted by Crippen LogP contribution is 2.21. The molecule has 1 unspecified atom stereocenters. The van der Waals surface area contributed by atoms with Gasteiger partial charge in [0.2, 0.25) is 11.9 Å². The van der Waals surface area contributed by atoms with Gasteiger partial charge in [-0.1, -0.05) is 28.7 Å². The second-order valence-electron chi connectivity index (χ2n) is 7.56. The van der Waals surface area contributed by atoms with Crippen LogP contribution in [0.4, 0.5) is 4.79 Å². The fraction of sp³-hybridized carbons (Fsp3) is 0.261. The summed E-state index contributed by atoms with van der Waals surface area (Å²) in [7, 11) is 3.07. The molecule has 0 radical (unpaired) electrons. The normalized spacial score (nSPS) is 18.2. The minimum absolute atomic E-state index is 0.349. The number of ether oxygens (including phenoxy) is 1. The molecule has 33 heavy (non-hydrogen) atoms. The summed E-state index contributed by atoms with van der Waals surface area (Å²) in [5, 5.41) is 4.92. The monoisotopic (exact) mass is 467 g/mol. The first kappa shape index (κ1) is 22.5. The molecule has 2 heterocycles. The standard InChI is InChI=1S/C23H23ClN6O3/c1-4-33-18-11-7-15(8-12-18)13-25-27-22-26-20-19(21(31)29(3)23(32)28(20)2)30(22)14-16-5-9-17(24)10-6-16/h5-13,19H,4,14H2,1-3H3/p+1/b25-13+. The Balaban J connectivity index is 1.62. The summed E-state index contributed by atoms with van der Waals surface area (Å²) >= 11 is 6.01. The largest absolute Gasteiger partial charge is 0.494 e. The number of amidine groups is 1. The summed E-state index contributed by atoms with van der Waals surface area (Å²) in [5.74, 6) is 1.16. The van der Waals surface area contributed by atoms with Crippen molar-refractivity contribution in [3.05, 3.63) is 64.7 Å². The molecular weight excluding hydrogens is 444 g/mol. The summed E-state index contributed by atoms with van der Waals surface area (Å²) in [6.45, 7) is 2.90. The van der Waals surface area contributed by atoms with Crippen molar-refractivity contribution in [3.8, 4) is 5.75 Å². The maximum absolute atomic E-state index is 13.0. The number of likely N-dealkylation sites (N-methyl/N-ethyl adjacent to an activating group) is 2. The van der Waals surface area contributed by atoms with Crippen LogP contribution in [0.3, 0.4) is 0 Å². The Morgan fingerprint density at radius 1 is 1.12 bits per heavy atom. The molecule has 2 aromatic carbocycles. The van der Waals surface area contributed by atoms with Crippen LogP contribution < -0.4 is 10.2 Å². The molecule has 2 aromatic rings. The molecular formula is C23H24ClN6O3+. The molecule has 9 nitrogen and oxygen atoms in total. The third-order valence-corrected chi connectivity index (χ3v) is 5.62. The molecule has 1 saturated heterocycles. The first-order chi connectivity index (χ1) is 15.9. The lowest BCUT2D eigenvalue weighted by Gasteiger charge is -2.31. The van der Waals surface area contributed by atoms with Crippen molar-refractivity contribution < 1.29 is 18.9 Å².